The number of aliphatic hydroxyl groups is 1. The Morgan fingerprint density at radius 1 is 1.48 bits per heavy atom. The zero-order valence-electron chi connectivity index (χ0n) is 13.8. The first kappa shape index (κ1) is 16.6. The minimum atomic E-state index is -0.496. The number of hydrogen-bond acceptors (Lipinski definition) is 6. The van der Waals surface area contributed by atoms with E-state index in [9.17, 15) is 5.11 Å². The molecule has 3 rings (SSSR count). The topological polar surface area (TPSA) is 72.2 Å². The normalized spacial score (nSPS) is 25.1. The summed E-state index contributed by atoms with van der Waals surface area (Å²) in [5.41, 5.74) is 2.16. The third kappa shape index (κ3) is 3.98. The lowest BCUT2D eigenvalue weighted by Crippen LogP contribution is -2.44. The number of rotatable bonds is 5. The molecule has 0 aromatic carbocycles. The second-order valence-corrected chi connectivity index (χ2v) is 7.83. The van der Waals surface area contributed by atoms with Gasteiger partial charge in [0, 0.05) is 18.2 Å². The van der Waals surface area contributed by atoms with Crippen molar-refractivity contribution in [3.8, 4) is 0 Å². The van der Waals surface area contributed by atoms with E-state index in [1.165, 1.54) is 5.56 Å². The third-order valence-corrected chi connectivity index (χ3v) is 4.82. The van der Waals surface area contributed by atoms with Crippen LogP contribution in [-0.4, -0.2) is 45.0 Å². The smallest absolute Gasteiger partial charge is 0.0952 e. The molecule has 2 N–H and O–H groups in total. The Bertz CT molecular complexity index is 620. The molecule has 0 saturated carbocycles. The summed E-state index contributed by atoms with van der Waals surface area (Å²) in [6.45, 7) is 8.01. The van der Waals surface area contributed by atoms with Gasteiger partial charge in [0.25, 0.3) is 0 Å². The molecular weight excluding hydrogens is 312 g/mol. The van der Waals surface area contributed by atoms with E-state index in [0.717, 1.165) is 12.2 Å². The lowest BCUT2D eigenvalue weighted by Gasteiger charge is -2.21. The van der Waals surface area contributed by atoms with Crippen LogP contribution < -0.4 is 5.32 Å². The number of ether oxygens (including phenoxy) is 1. The fourth-order valence-corrected chi connectivity index (χ4v) is 3.32. The summed E-state index contributed by atoms with van der Waals surface area (Å²) in [6.07, 6.45) is 1.35. The molecule has 7 heteroatoms. The Labute approximate surface area is 140 Å². The van der Waals surface area contributed by atoms with Gasteiger partial charge >= 0.3 is 0 Å². The van der Waals surface area contributed by atoms with E-state index in [2.05, 4.69) is 53.2 Å². The van der Waals surface area contributed by atoms with Gasteiger partial charge in [0.1, 0.15) is 0 Å². The predicted molar refractivity (Wildman–Crippen MR) is 89.4 cm³/mol. The predicted octanol–water partition coefficient (Wildman–Crippen LogP) is 1.56. The highest BCUT2D eigenvalue weighted by Crippen LogP contribution is 2.21. The number of aromatic nitrogens is 3. The summed E-state index contributed by atoms with van der Waals surface area (Å²) < 4.78 is 7.56. The fraction of sp³-hybridized carbons (Fsp3) is 0.625. The largest absolute Gasteiger partial charge is 0.389 e. The van der Waals surface area contributed by atoms with Crippen LogP contribution in [0.1, 0.15) is 32.0 Å². The molecule has 0 radical (unpaired) electrons. The maximum Gasteiger partial charge on any atom is 0.0952 e. The standard InChI is InChI=1S/C16H24N4O2S/c1-16(2,3)14-8-20(19-18-14)7-13-15(12(21)9-22-13)17-6-11-4-5-23-10-11/h4-5,8,10,12-13,15,17,21H,6-7,9H2,1-3H3/t12-,13+,15+/m0/s1. The van der Waals surface area contributed by atoms with Crippen molar-refractivity contribution in [1.82, 2.24) is 20.3 Å². The van der Waals surface area contributed by atoms with E-state index in [4.69, 9.17) is 4.74 Å². The van der Waals surface area contributed by atoms with Gasteiger partial charge in [-0.2, -0.15) is 11.3 Å². The molecule has 23 heavy (non-hydrogen) atoms. The van der Waals surface area contributed by atoms with E-state index < -0.39 is 6.10 Å². The minimum absolute atomic E-state index is 0.0229. The van der Waals surface area contributed by atoms with E-state index in [-0.39, 0.29) is 17.6 Å². The molecule has 2 aromatic heterocycles. The van der Waals surface area contributed by atoms with Crippen molar-refractivity contribution >= 4 is 11.3 Å². The molecule has 6 nitrogen and oxygen atoms in total. The van der Waals surface area contributed by atoms with Crippen LogP contribution in [-0.2, 0) is 23.2 Å². The third-order valence-electron chi connectivity index (χ3n) is 4.09. The summed E-state index contributed by atoms with van der Waals surface area (Å²) >= 11 is 1.68. The van der Waals surface area contributed by atoms with Gasteiger partial charge in [0.15, 0.2) is 0 Å². The van der Waals surface area contributed by atoms with Crippen molar-refractivity contribution in [2.24, 2.45) is 0 Å². The first-order chi connectivity index (χ1) is 10.9. The second-order valence-electron chi connectivity index (χ2n) is 7.05. The zero-order valence-corrected chi connectivity index (χ0v) is 14.6. The Balaban J connectivity index is 1.62. The highest BCUT2D eigenvalue weighted by atomic mass is 32.1. The Hall–Kier alpha value is -1.28. The van der Waals surface area contributed by atoms with Crippen LogP contribution in [0.25, 0.3) is 0 Å². The van der Waals surface area contributed by atoms with Gasteiger partial charge in [0.05, 0.1) is 37.1 Å². The highest BCUT2D eigenvalue weighted by Gasteiger charge is 2.36. The molecule has 0 aliphatic carbocycles. The minimum Gasteiger partial charge on any atom is -0.389 e. The Kier molecular flexibility index (Phi) is 4.82. The quantitative estimate of drug-likeness (QED) is 0.867. The van der Waals surface area contributed by atoms with Crippen LogP contribution in [0.15, 0.2) is 23.0 Å². The Morgan fingerprint density at radius 3 is 2.96 bits per heavy atom. The molecule has 1 saturated heterocycles. The number of aliphatic hydroxyl groups excluding tert-OH is 1. The monoisotopic (exact) mass is 336 g/mol. The Morgan fingerprint density at radius 2 is 2.30 bits per heavy atom. The van der Waals surface area contributed by atoms with E-state index in [1.807, 2.05) is 10.9 Å². The summed E-state index contributed by atoms with van der Waals surface area (Å²) in [4.78, 5) is 0. The summed E-state index contributed by atoms with van der Waals surface area (Å²) in [5.74, 6) is 0. The molecule has 0 amide bonds. The molecule has 0 bridgehead atoms. The van der Waals surface area contributed by atoms with Gasteiger partial charge in [-0.25, -0.2) is 4.68 Å². The number of hydrogen-bond donors (Lipinski definition) is 2. The molecule has 126 valence electrons. The highest BCUT2D eigenvalue weighted by molar-refractivity contribution is 7.07. The number of nitrogens with zero attached hydrogens (tertiary/aromatic N) is 3. The van der Waals surface area contributed by atoms with Crippen LogP contribution in [0.4, 0.5) is 0 Å². The summed E-state index contributed by atoms with van der Waals surface area (Å²) in [7, 11) is 0. The molecule has 3 heterocycles. The first-order valence-electron chi connectivity index (χ1n) is 7.88. The lowest BCUT2D eigenvalue weighted by molar-refractivity contribution is 0.0741. The first-order valence-corrected chi connectivity index (χ1v) is 8.82. The van der Waals surface area contributed by atoms with Crippen molar-refractivity contribution < 1.29 is 9.84 Å². The average Bonchev–Trinajstić information content (AvgIpc) is 3.19. The van der Waals surface area contributed by atoms with Gasteiger partial charge in [-0.15, -0.1) is 5.10 Å². The van der Waals surface area contributed by atoms with Crippen LogP contribution in [0.3, 0.4) is 0 Å². The number of nitrogens with one attached hydrogen (secondary N) is 1. The molecule has 1 fully saturated rings. The molecule has 1 aliphatic heterocycles. The van der Waals surface area contributed by atoms with Crippen molar-refractivity contribution in [2.75, 3.05) is 6.61 Å². The molecule has 0 unspecified atom stereocenters. The molecular formula is C16H24N4O2S. The van der Waals surface area contributed by atoms with Gasteiger partial charge in [0.2, 0.25) is 0 Å². The maximum absolute atomic E-state index is 10.2. The lowest BCUT2D eigenvalue weighted by atomic mass is 9.93. The van der Waals surface area contributed by atoms with Crippen LogP contribution in [0.5, 0.6) is 0 Å². The van der Waals surface area contributed by atoms with E-state index >= 15 is 0 Å². The average molecular weight is 336 g/mol. The van der Waals surface area contributed by atoms with Gasteiger partial charge in [-0.3, -0.25) is 0 Å². The molecule has 0 spiro atoms. The van der Waals surface area contributed by atoms with Gasteiger partial charge < -0.3 is 15.2 Å². The van der Waals surface area contributed by atoms with Gasteiger partial charge in [-0.1, -0.05) is 26.0 Å². The van der Waals surface area contributed by atoms with E-state index in [0.29, 0.717) is 13.2 Å². The zero-order chi connectivity index (χ0) is 16.4. The summed E-state index contributed by atoms with van der Waals surface area (Å²) in [6, 6.07) is 1.99. The van der Waals surface area contributed by atoms with Crippen molar-refractivity contribution in [3.63, 3.8) is 0 Å². The summed E-state index contributed by atoms with van der Waals surface area (Å²) in [5, 5.41) is 26.2. The van der Waals surface area contributed by atoms with Crippen molar-refractivity contribution in [3.05, 3.63) is 34.3 Å². The molecule has 1 aliphatic rings. The van der Waals surface area contributed by atoms with Crippen molar-refractivity contribution in [2.45, 2.75) is 57.5 Å². The van der Waals surface area contributed by atoms with Crippen LogP contribution in [0, 0.1) is 0 Å². The van der Waals surface area contributed by atoms with Gasteiger partial charge in [-0.05, 0) is 22.4 Å². The van der Waals surface area contributed by atoms with E-state index in [1.54, 1.807) is 11.3 Å². The molecule has 2 aromatic rings. The SMILES string of the molecule is CC(C)(C)c1cn(C[C@H]2OC[C@H](O)[C@H]2NCc2ccsc2)nn1. The molecule has 3 atom stereocenters. The number of thiophene rings is 1. The van der Waals surface area contributed by atoms with Crippen LogP contribution >= 0.6 is 11.3 Å². The maximum atomic E-state index is 10.2. The van der Waals surface area contributed by atoms with Crippen molar-refractivity contribution in [1.29, 1.82) is 0 Å². The van der Waals surface area contributed by atoms with Crippen LogP contribution in [0.2, 0.25) is 0 Å². The second kappa shape index (κ2) is 6.68. The fourth-order valence-electron chi connectivity index (χ4n) is 2.66.